The van der Waals surface area contributed by atoms with Crippen LogP contribution in [0.5, 0.6) is 0 Å². The number of carbonyl (C=O) groups is 1. The summed E-state index contributed by atoms with van der Waals surface area (Å²) in [6.07, 6.45) is 1.47. The van der Waals surface area contributed by atoms with Crippen LogP contribution in [0.2, 0.25) is 0 Å². The van der Waals surface area contributed by atoms with Gasteiger partial charge in [0.2, 0.25) is 10.0 Å². The molecule has 1 aliphatic rings. The van der Waals surface area contributed by atoms with E-state index in [9.17, 15) is 13.2 Å². The molecule has 142 valence electrons. The third kappa shape index (κ3) is 4.26. The predicted molar refractivity (Wildman–Crippen MR) is 92.1 cm³/mol. The van der Waals surface area contributed by atoms with Crippen LogP contribution >= 0.6 is 11.3 Å². The van der Waals surface area contributed by atoms with E-state index in [1.807, 2.05) is 0 Å². The number of hydrogen-bond acceptors (Lipinski definition) is 9. The Kier molecular flexibility index (Phi) is 5.65. The van der Waals surface area contributed by atoms with E-state index in [1.54, 1.807) is 15.8 Å². The maximum Gasteiger partial charge on any atom is 0.273 e. The second-order valence-corrected chi connectivity index (χ2v) is 8.55. The van der Waals surface area contributed by atoms with Crippen molar-refractivity contribution in [3.8, 4) is 0 Å². The van der Waals surface area contributed by atoms with Gasteiger partial charge in [-0.1, -0.05) is 5.16 Å². The number of hydrogen-bond donors (Lipinski definition) is 0. The van der Waals surface area contributed by atoms with Crippen LogP contribution in [0.4, 0.5) is 0 Å². The van der Waals surface area contributed by atoms with E-state index in [1.165, 1.54) is 22.8 Å². The first-order valence-corrected chi connectivity index (χ1v) is 10.6. The third-order valence-electron chi connectivity index (χ3n) is 3.97. The summed E-state index contributed by atoms with van der Waals surface area (Å²) in [7, 11) is -1.91. The molecule has 0 radical (unpaired) electrons. The van der Waals surface area contributed by atoms with Crippen LogP contribution < -0.4 is 0 Å². The van der Waals surface area contributed by atoms with Crippen LogP contribution in [-0.4, -0.2) is 77.7 Å². The minimum Gasteiger partial charge on any atom is -0.375 e. The van der Waals surface area contributed by atoms with Crippen molar-refractivity contribution >= 4 is 27.3 Å². The third-order valence-corrected chi connectivity index (χ3v) is 5.89. The Hall–Kier alpha value is -1.89. The molecule has 0 bridgehead atoms. The van der Waals surface area contributed by atoms with Crippen molar-refractivity contribution in [2.45, 2.75) is 19.1 Å². The lowest BCUT2D eigenvalue weighted by molar-refractivity contribution is 0.0449. The lowest BCUT2D eigenvalue weighted by Gasteiger charge is -2.43. The lowest BCUT2D eigenvalue weighted by atomic mass is 10.1. The van der Waals surface area contributed by atoms with Crippen LogP contribution in [0.25, 0.3) is 0 Å². The van der Waals surface area contributed by atoms with E-state index in [2.05, 4.69) is 15.1 Å². The summed E-state index contributed by atoms with van der Waals surface area (Å²) in [6.45, 7) is 1.10. The van der Waals surface area contributed by atoms with Crippen molar-refractivity contribution in [3.63, 3.8) is 0 Å². The molecular weight excluding hydrogens is 382 g/mol. The molecule has 1 amide bonds. The Bertz CT molecular complexity index is 845. The Morgan fingerprint density at radius 2 is 2.27 bits per heavy atom. The number of amides is 1. The van der Waals surface area contributed by atoms with E-state index >= 15 is 0 Å². The fourth-order valence-corrected chi connectivity index (χ4v) is 4.31. The summed E-state index contributed by atoms with van der Waals surface area (Å²) in [4.78, 5) is 21.9. The van der Waals surface area contributed by atoms with Gasteiger partial charge in [-0.25, -0.2) is 13.4 Å². The average molecular weight is 401 g/mol. The fraction of sp³-hybridized carbons (Fsp3) is 0.571. The van der Waals surface area contributed by atoms with Gasteiger partial charge in [-0.15, -0.1) is 11.3 Å². The highest BCUT2D eigenvalue weighted by Gasteiger charge is 2.39. The highest BCUT2D eigenvalue weighted by atomic mass is 32.2. The SMILES string of the molecule is COCc1nc(CCN(C2CN(C(=O)c3cscn3)C2)S(C)(=O)=O)no1. The molecule has 1 fully saturated rings. The summed E-state index contributed by atoms with van der Waals surface area (Å²) >= 11 is 1.35. The highest BCUT2D eigenvalue weighted by Crippen LogP contribution is 2.20. The van der Waals surface area contributed by atoms with Gasteiger partial charge >= 0.3 is 0 Å². The van der Waals surface area contributed by atoms with Crippen molar-refractivity contribution in [1.82, 2.24) is 24.3 Å². The molecule has 12 heteroatoms. The second kappa shape index (κ2) is 7.78. The first-order valence-electron chi connectivity index (χ1n) is 7.83. The molecule has 2 aromatic heterocycles. The summed E-state index contributed by atoms with van der Waals surface area (Å²) in [6, 6.07) is -0.266. The van der Waals surface area contributed by atoms with Crippen molar-refractivity contribution in [1.29, 1.82) is 0 Å². The van der Waals surface area contributed by atoms with Gasteiger partial charge in [0.25, 0.3) is 11.8 Å². The molecule has 0 spiro atoms. The van der Waals surface area contributed by atoms with Crippen molar-refractivity contribution in [2.75, 3.05) is 33.0 Å². The van der Waals surface area contributed by atoms with Crippen LogP contribution in [-0.2, 0) is 27.8 Å². The summed E-state index contributed by atoms with van der Waals surface area (Å²) in [5.41, 5.74) is 1.98. The van der Waals surface area contributed by atoms with E-state index in [4.69, 9.17) is 9.26 Å². The molecular formula is C14H19N5O5S2. The Morgan fingerprint density at radius 3 is 2.88 bits per heavy atom. The fourth-order valence-electron chi connectivity index (χ4n) is 2.69. The zero-order chi connectivity index (χ0) is 18.7. The molecule has 26 heavy (non-hydrogen) atoms. The summed E-state index contributed by atoms with van der Waals surface area (Å²) in [5, 5.41) is 5.49. The molecule has 0 unspecified atom stereocenters. The first-order chi connectivity index (χ1) is 12.4. The number of methoxy groups -OCH3 is 1. The minimum absolute atomic E-state index is 0.182. The standard InChI is InChI=1S/C14H19N5O5S2/c1-23-7-13-16-12(17-24-13)3-4-19(26(2,21)22)10-5-18(6-10)14(20)11-8-25-9-15-11/h8-10H,3-7H2,1-2H3. The van der Waals surface area contributed by atoms with Gasteiger partial charge in [0.15, 0.2) is 5.82 Å². The van der Waals surface area contributed by atoms with Gasteiger partial charge in [0.05, 0.1) is 17.8 Å². The van der Waals surface area contributed by atoms with Crippen LogP contribution in [0.3, 0.4) is 0 Å². The molecule has 0 aromatic carbocycles. The number of aromatic nitrogens is 3. The van der Waals surface area contributed by atoms with Crippen molar-refractivity contribution in [2.24, 2.45) is 0 Å². The monoisotopic (exact) mass is 401 g/mol. The number of sulfonamides is 1. The first kappa shape index (κ1) is 18.9. The van der Waals surface area contributed by atoms with E-state index < -0.39 is 10.0 Å². The van der Waals surface area contributed by atoms with Crippen LogP contribution in [0, 0.1) is 0 Å². The van der Waals surface area contributed by atoms with E-state index in [0.29, 0.717) is 36.9 Å². The number of nitrogens with zero attached hydrogens (tertiary/aromatic N) is 5. The molecule has 1 saturated heterocycles. The van der Waals surface area contributed by atoms with Gasteiger partial charge in [0, 0.05) is 38.5 Å². The number of thiazole rings is 1. The predicted octanol–water partition coefficient (Wildman–Crippen LogP) is 0.00120. The normalized spacial score (nSPS) is 15.4. The summed E-state index contributed by atoms with van der Waals surface area (Å²) < 4.78 is 35.5. The lowest BCUT2D eigenvalue weighted by Crippen LogP contribution is -2.62. The van der Waals surface area contributed by atoms with Gasteiger partial charge in [0.1, 0.15) is 12.3 Å². The average Bonchev–Trinajstić information content (AvgIpc) is 3.19. The number of ether oxygens (including phenoxy) is 1. The Balaban J connectivity index is 1.58. The van der Waals surface area contributed by atoms with Gasteiger partial charge in [-0.3, -0.25) is 4.79 Å². The highest BCUT2D eigenvalue weighted by molar-refractivity contribution is 7.88. The smallest absolute Gasteiger partial charge is 0.273 e. The largest absolute Gasteiger partial charge is 0.375 e. The number of carbonyl (C=O) groups excluding carboxylic acids is 1. The zero-order valence-corrected chi connectivity index (χ0v) is 16.0. The molecule has 0 N–H and O–H groups in total. The maximum absolute atomic E-state index is 12.2. The molecule has 10 nitrogen and oxygen atoms in total. The van der Waals surface area contributed by atoms with E-state index in [0.717, 1.165) is 6.26 Å². The molecule has 0 saturated carbocycles. The Morgan fingerprint density at radius 1 is 1.50 bits per heavy atom. The molecule has 0 aliphatic carbocycles. The number of likely N-dealkylation sites (tertiary alicyclic amines) is 1. The van der Waals surface area contributed by atoms with Gasteiger partial charge in [-0.2, -0.15) is 9.29 Å². The molecule has 2 aromatic rings. The van der Waals surface area contributed by atoms with Gasteiger partial charge < -0.3 is 14.2 Å². The molecule has 1 aliphatic heterocycles. The molecule has 3 rings (SSSR count). The molecule has 0 atom stereocenters. The van der Waals surface area contributed by atoms with Crippen molar-refractivity contribution < 1.29 is 22.5 Å². The summed E-state index contributed by atoms with van der Waals surface area (Å²) in [5.74, 6) is 0.579. The van der Waals surface area contributed by atoms with Crippen LogP contribution in [0.1, 0.15) is 22.2 Å². The molecule has 3 heterocycles. The van der Waals surface area contributed by atoms with E-state index in [-0.39, 0.29) is 25.1 Å². The Labute approximate surface area is 154 Å². The number of rotatable bonds is 8. The minimum atomic E-state index is -3.43. The van der Waals surface area contributed by atoms with Crippen molar-refractivity contribution in [3.05, 3.63) is 28.3 Å². The second-order valence-electron chi connectivity index (χ2n) is 5.90. The maximum atomic E-state index is 12.2. The zero-order valence-electron chi connectivity index (χ0n) is 14.4. The van der Waals surface area contributed by atoms with Gasteiger partial charge in [-0.05, 0) is 0 Å². The topological polar surface area (TPSA) is 119 Å². The van der Waals surface area contributed by atoms with Crippen LogP contribution in [0.15, 0.2) is 15.4 Å². The quantitative estimate of drug-likeness (QED) is 0.606.